The highest BCUT2D eigenvalue weighted by Gasteiger charge is 2.29. The summed E-state index contributed by atoms with van der Waals surface area (Å²) in [4.78, 5) is 45.7. The summed E-state index contributed by atoms with van der Waals surface area (Å²) in [5.41, 5.74) is 2.31. The van der Waals surface area contributed by atoms with Crippen molar-refractivity contribution >= 4 is 28.5 Å². The Morgan fingerprint density at radius 1 is 1.00 bits per heavy atom. The molecule has 194 valence electrons. The number of piperidine rings is 1. The molecule has 0 aliphatic carbocycles. The Bertz CT molecular complexity index is 1310. The number of H-pyrrole nitrogens is 1. The number of aromatic amines is 1. The second-order valence-corrected chi connectivity index (χ2v) is 9.60. The van der Waals surface area contributed by atoms with E-state index in [0.717, 1.165) is 24.8 Å². The van der Waals surface area contributed by atoms with Crippen LogP contribution in [0.3, 0.4) is 0 Å². The van der Waals surface area contributed by atoms with E-state index >= 15 is 0 Å². The Hall–Kier alpha value is -3.72. The van der Waals surface area contributed by atoms with Crippen molar-refractivity contribution in [2.45, 2.75) is 19.3 Å². The maximum Gasteiger partial charge on any atom is 0.295 e. The molecule has 5 rings (SSSR count). The first-order valence-electron chi connectivity index (χ1n) is 12.6. The van der Waals surface area contributed by atoms with Gasteiger partial charge in [-0.3, -0.25) is 14.4 Å². The minimum atomic E-state index is -0.613. The Morgan fingerprint density at radius 3 is 2.38 bits per heavy atom. The van der Waals surface area contributed by atoms with Crippen molar-refractivity contribution in [3.63, 3.8) is 0 Å². The molecule has 8 nitrogen and oxygen atoms in total. The molecule has 37 heavy (non-hydrogen) atoms. The van der Waals surface area contributed by atoms with Crippen LogP contribution in [0.5, 0.6) is 5.75 Å². The Balaban J connectivity index is 1.32. The summed E-state index contributed by atoms with van der Waals surface area (Å²) in [7, 11) is 1.50. The van der Waals surface area contributed by atoms with Crippen molar-refractivity contribution in [1.29, 1.82) is 0 Å². The number of benzene rings is 2. The second kappa shape index (κ2) is 10.7. The number of carbonyl (C=O) groups excluding carboxylic acids is 3. The lowest BCUT2D eigenvalue weighted by Gasteiger charge is -2.32. The number of aromatic nitrogens is 1. The van der Waals surface area contributed by atoms with Gasteiger partial charge in [0, 0.05) is 49.3 Å². The standard InChI is InChI=1S/C28H30FN3O5/c1-36-25-16-24-21(23(17-30-24)26(33)28(35)32-10-12-37-13-11-32)15-22(25)27(34)31-8-6-19(7-9-31)14-18-2-4-20(29)5-3-18/h2-5,15-17,19,30H,6-14H2,1H3. The summed E-state index contributed by atoms with van der Waals surface area (Å²) >= 11 is 0. The average Bonchev–Trinajstić information content (AvgIpc) is 3.36. The van der Waals surface area contributed by atoms with Gasteiger partial charge < -0.3 is 24.3 Å². The monoisotopic (exact) mass is 507 g/mol. The minimum absolute atomic E-state index is 0.168. The van der Waals surface area contributed by atoms with Crippen molar-refractivity contribution in [2.24, 2.45) is 5.92 Å². The van der Waals surface area contributed by atoms with E-state index in [1.165, 1.54) is 30.3 Å². The molecular weight excluding hydrogens is 477 g/mol. The fourth-order valence-corrected chi connectivity index (χ4v) is 5.16. The Morgan fingerprint density at radius 2 is 1.70 bits per heavy atom. The number of amides is 2. The quantitative estimate of drug-likeness (QED) is 0.408. The van der Waals surface area contributed by atoms with Gasteiger partial charge in [0.15, 0.2) is 0 Å². The van der Waals surface area contributed by atoms with Crippen LogP contribution < -0.4 is 4.74 Å². The number of carbonyl (C=O) groups is 3. The summed E-state index contributed by atoms with van der Waals surface area (Å²) < 4.78 is 24.0. The van der Waals surface area contributed by atoms with E-state index in [-0.39, 0.29) is 17.3 Å². The van der Waals surface area contributed by atoms with E-state index in [1.54, 1.807) is 17.0 Å². The normalized spacial score (nSPS) is 16.7. The van der Waals surface area contributed by atoms with Crippen LogP contribution in [0.15, 0.2) is 42.6 Å². The number of nitrogens with zero attached hydrogens (tertiary/aromatic N) is 2. The number of rotatable bonds is 6. The molecule has 2 amide bonds. The summed E-state index contributed by atoms with van der Waals surface area (Å²) in [6.07, 6.45) is 4.05. The van der Waals surface area contributed by atoms with Crippen LogP contribution >= 0.6 is 0 Å². The zero-order chi connectivity index (χ0) is 25.9. The van der Waals surface area contributed by atoms with Crippen molar-refractivity contribution < 1.29 is 28.2 Å². The van der Waals surface area contributed by atoms with Crippen molar-refractivity contribution in [3.05, 3.63) is 65.1 Å². The van der Waals surface area contributed by atoms with Gasteiger partial charge in [-0.2, -0.15) is 0 Å². The van der Waals surface area contributed by atoms with Crippen LogP contribution in [-0.4, -0.2) is 78.9 Å². The molecule has 2 saturated heterocycles. The fourth-order valence-electron chi connectivity index (χ4n) is 5.16. The van der Waals surface area contributed by atoms with Gasteiger partial charge in [-0.25, -0.2) is 4.39 Å². The highest BCUT2D eigenvalue weighted by atomic mass is 19.1. The first kappa shape index (κ1) is 25.0. The van der Waals surface area contributed by atoms with Crippen LogP contribution in [0.25, 0.3) is 10.9 Å². The van der Waals surface area contributed by atoms with E-state index in [2.05, 4.69) is 4.98 Å². The third-order valence-corrected chi connectivity index (χ3v) is 7.31. The summed E-state index contributed by atoms with van der Waals surface area (Å²) in [6.45, 7) is 2.76. The third kappa shape index (κ3) is 5.22. The molecule has 3 heterocycles. The lowest BCUT2D eigenvalue weighted by Crippen LogP contribution is -2.44. The SMILES string of the molecule is COc1cc2[nH]cc(C(=O)C(=O)N3CCOCC3)c2cc1C(=O)N1CCC(Cc2ccc(F)cc2)CC1. The van der Waals surface area contributed by atoms with Crippen molar-refractivity contribution in [3.8, 4) is 5.75 Å². The summed E-state index contributed by atoms with van der Waals surface area (Å²) in [5, 5.41) is 0.516. The number of halogens is 1. The molecule has 9 heteroatoms. The number of hydrogen-bond acceptors (Lipinski definition) is 5. The van der Waals surface area contributed by atoms with Crippen LogP contribution in [0.1, 0.15) is 39.1 Å². The lowest BCUT2D eigenvalue weighted by atomic mass is 9.90. The number of ketones is 1. The molecule has 0 spiro atoms. The van der Waals surface area contributed by atoms with Gasteiger partial charge in [0.05, 0.1) is 31.5 Å². The molecule has 3 aromatic rings. The maximum absolute atomic E-state index is 13.5. The number of methoxy groups -OCH3 is 1. The zero-order valence-electron chi connectivity index (χ0n) is 20.8. The fraction of sp³-hybridized carbons (Fsp3) is 0.393. The first-order chi connectivity index (χ1) is 17.9. The number of Topliss-reactive ketones (excluding diaryl/α,β-unsaturated/α-hetero) is 1. The number of morpholine rings is 1. The molecule has 0 radical (unpaired) electrons. The van der Waals surface area contributed by atoms with E-state index < -0.39 is 11.7 Å². The number of likely N-dealkylation sites (tertiary alicyclic amines) is 1. The maximum atomic E-state index is 13.5. The zero-order valence-corrected chi connectivity index (χ0v) is 20.8. The molecule has 1 N–H and O–H groups in total. The molecule has 2 aromatic carbocycles. The van der Waals surface area contributed by atoms with Gasteiger partial charge >= 0.3 is 0 Å². The third-order valence-electron chi connectivity index (χ3n) is 7.31. The molecule has 2 fully saturated rings. The van der Waals surface area contributed by atoms with Crippen LogP contribution in [0.4, 0.5) is 4.39 Å². The topological polar surface area (TPSA) is 91.9 Å². The molecule has 0 atom stereocenters. The average molecular weight is 508 g/mol. The van der Waals surface area contributed by atoms with Gasteiger partial charge in [0.25, 0.3) is 17.6 Å². The first-order valence-corrected chi connectivity index (χ1v) is 12.6. The Labute approximate surface area is 214 Å². The van der Waals surface area contributed by atoms with E-state index in [9.17, 15) is 18.8 Å². The van der Waals surface area contributed by atoms with Crippen LogP contribution in [0.2, 0.25) is 0 Å². The van der Waals surface area contributed by atoms with Crippen LogP contribution in [0, 0.1) is 11.7 Å². The summed E-state index contributed by atoms with van der Waals surface area (Å²) in [6, 6.07) is 9.92. The highest BCUT2D eigenvalue weighted by molar-refractivity contribution is 6.45. The second-order valence-electron chi connectivity index (χ2n) is 9.60. The molecule has 1 aromatic heterocycles. The van der Waals surface area contributed by atoms with E-state index in [1.807, 2.05) is 12.1 Å². The Kier molecular flexibility index (Phi) is 7.23. The molecule has 2 aliphatic heterocycles. The minimum Gasteiger partial charge on any atom is -0.496 e. The lowest BCUT2D eigenvalue weighted by molar-refractivity contribution is -0.130. The van der Waals surface area contributed by atoms with Crippen LogP contribution in [-0.2, 0) is 16.0 Å². The van der Waals surface area contributed by atoms with Crippen molar-refractivity contribution in [1.82, 2.24) is 14.8 Å². The predicted octanol–water partition coefficient (Wildman–Crippen LogP) is 3.45. The van der Waals surface area contributed by atoms with E-state index in [0.29, 0.717) is 67.5 Å². The number of nitrogens with one attached hydrogen (secondary N) is 1. The predicted molar refractivity (Wildman–Crippen MR) is 135 cm³/mol. The molecule has 0 bridgehead atoms. The van der Waals surface area contributed by atoms with Gasteiger partial charge in [-0.1, -0.05) is 12.1 Å². The van der Waals surface area contributed by atoms with Gasteiger partial charge in [0.2, 0.25) is 0 Å². The van der Waals surface area contributed by atoms with Gasteiger partial charge in [0.1, 0.15) is 11.6 Å². The van der Waals surface area contributed by atoms with Gasteiger partial charge in [-0.15, -0.1) is 0 Å². The summed E-state index contributed by atoms with van der Waals surface area (Å²) in [5.74, 6) is -0.773. The number of fused-ring (bicyclic) bond motifs is 1. The molecular formula is C28H30FN3O5. The number of hydrogen-bond donors (Lipinski definition) is 1. The molecule has 0 unspecified atom stereocenters. The van der Waals surface area contributed by atoms with Gasteiger partial charge in [-0.05, 0) is 48.9 Å². The highest BCUT2D eigenvalue weighted by Crippen LogP contribution is 2.31. The van der Waals surface area contributed by atoms with E-state index in [4.69, 9.17) is 9.47 Å². The van der Waals surface area contributed by atoms with Crippen molar-refractivity contribution in [2.75, 3.05) is 46.5 Å². The number of ether oxygens (including phenoxy) is 2. The molecule has 0 saturated carbocycles. The smallest absolute Gasteiger partial charge is 0.295 e. The molecule has 2 aliphatic rings. The largest absolute Gasteiger partial charge is 0.496 e.